The van der Waals surface area contributed by atoms with Crippen LogP contribution in [0.1, 0.15) is 41.1 Å². The predicted molar refractivity (Wildman–Crippen MR) is 88.3 cm³/mol. The third-order valence-corrected chi connectivity index (χ3v) is 4.26. The van der Waals surface area contributed by atoms with Crippen LogP contribution >= 0.6 is 0 Å². The Morgan fingerprint density at radius 2 is 2.22 bits per heavy atom. The van der Waals surface area contributed by atoms with Crippen molar-refractivity contribution in [3.05, 3.63) is 48.0 Å². The van der Waals surface area contributed by atoms with Crippen molar-refractivity contribution in [1.29, 1.82) is 0 Å². The summed E-state index contributed by atoms with van der Waals surface area (Å²) in [6.45, 7) is 3.54. The van der Waals surface area contributed by atoms with Gasteiger partial charge in [-0.3, -0.25) is 9.48 Å². The number of hydrogen-bond acceptors (Lipinski definition) is 4. The zero-order valence-corrected chi connectivity index (χ0v) is 13.2. The molecule has 0 spiro atoms. The Morgan fingerprint density at radius 3 is 2.91 bits per heavy atom. The molecule has 2 aromatic rings. The van der Waals surface area contributed by atoms with E-state index in [0.29, 0.717) is 12.5 Å². The van der Waals surface area contributed by atoms with Crippen molar-refractivity contribution >= 4 is 5.91 Å². The summed E-state index contributed by atoms with van der Waals surface area (Å²) < 4.78 is 1.76. The molecule has 1 fully saturated rings. The third kappa shape index (κ3) is 4.39. The summed E-state index contributed by atoms with van der Waals surface area (Å²) in [6, 6.07) is 8.03. The summed E-state index contributed by atoms with van der Waals surface area (Å²) in [5.41, 5.74) is 2.04. The van der Waals surface area contributed by atoms with Gasteiger partial charge in [-0.15, -0.1) is 0 Å². The highest BCUT2D eigenvalue weighted by molar-refractivity contribution is 5.94. The summed E-state index contributed by atoms with van der Waals surface area (Å²) in [5.74, 6) is 0.556. The lowest BCUT2D eigenvalue weighted by Gasteiger charge is -2.23. The van der Waals surface area contributed by atoms with Crippen molar-refractivity contribution in [2.24, 2.45) is 0 Å². The molecule has 3 rings (SSSR count). The maximum Gasteiger partial charge on any atom is 0.251 e. The highest BCUT2D eigenvalue weighted by atomic mass is 16.1. The molecular weight excluding hydrogens is 290 g/mol. The average Bonchev–Trinajstić information content (AvgIpc) is 3.13. The lowest BCUT2D eigenvalue weighted by molar-refractivity contribution is 0.0952. The van der Waals surface area contributed by atoms with Gasteiger partial charge in [0.05, 0.1) is 0 Å². The van der Waals surface area contributed by atoms with Gasteiger partial charge in [-0.05, 0) is 49.4 Å². The Hall–Kier alpha value is -2.21. The van der Waals surface area contributed by atoms with Crippen LogP contribution in [0.5, 0.6) is 0 Å². The van der Waals surface area contributed by atoms with Crippen LogP contribution in [0.3, 0.4) is 0 Å². The second kappa shape index (κ2) is 7.87. The Balaban J connectivity index is 1.45. The Bertz CT molecular complexity index is 602. The van der Waals surface area contributed by atoms with Gasteiger partial charge in [-0.2, -0.15) is 5.10 Å². The Kier molecular flexibility index (Phi) is 5.37. The number of benzene rings is 1. The highest BCUT2D eigenvalue weighted by Crippen LogP contribution is 2.23. The van der Waals surface area contributed by atoms with Gasteiger partial charge in [0.15, 0.2) is 0 Å². The minimum Gasteiger partial charge on any atom is -0.352 e. The molecule has 1 aromatic carbocycles. The SMILES string of the molecule is O=C(NCCCn1cncn1)c1ccc([C@@H]2CCCNC2)cc1. The Morgan fingerprint density at radius 1 is 1.35 bits per heavy atom. The molecule has 1 saturated heterocycles. The summed E-state index contributed by atoms with van der Waals surface area (Å²) in [5, 5.41) is 10.4. The van der Waals surface area contributed by atoms with E-state index < -0.39 is 0 Å². The van der Waals surface area contributed by atoms with Gasteiger partial charge in [0, 0.05) is 25.2 Å². The molecule has 6 heteroatoms. The number of nitrogens with one attached hydrogen (secondary N) is 2. The third-order valence-electron chi connectivity index (χ3n) is 4.26. The molecule has 1 atom stereocenters. The number of amides is 1. The normalized spacial score (nSPS) is 17.8. The molecule has 1 aliphatic heterocycles. The first kappa shape index (κ1) is 15.7. The van der Waals surface area contributed by atoms with Crippen LogP contribution in [-0.2, 0) is 6.54 Å². The monoisotopic (exact) mass is 313 g/mol. The first-order valence-electron chi connectivity index (χ1n) is 8.24. The molecule has 0 bridgehead atoms. The number of carbonyl (C=O) groups is 1. The number of hydrogen-bond donors (Lipinski definition) is 2. The summed E-state index contributed by atoms with van der Waals surface area (Å²) in [7, 11) is 0. The smallest absolute Gasteiger partial charge is 0.251 e. The second-order valence-electron chi connectivity index (χ2n) is 5.93. The molecule has 0 saturated carbocycles. The molecule has 0 unspecified atom stereocenters. The first-order chi connectivity index (χ1) is 11.3. The van der Waals surface area contributed by atoms with E-state index in [9.17, 15) is 4.79 Å². The molecule has 0 aliphatic carbocycles. The predicted octanol–water partition coefficient (Wildman–Crippen LogP) is 1.57. The lowest BCUT2D eigenvalue weighted by atomic mass is 9.91. The van der Waals surface area contributed by atoms with E-state index in [-0.39, 0.29) is 5.91 Å². The number of piperidine rings is 1. The zero-order chi connectivity index (χ0) is 15.9. The molecule has 23 heavy (non-hydrogen) atoms. The van der Waals surface area contributed by atoms with E-state index in [1.165, 1.54) is 24.7 Å². The van der Waals surface area contributed by atoms with E-state index in [1.807, 2.05) is 12.1 Å². The molecule has 122 valence electrons. The van der Waals surface area contributed by atoms with Crippen LogP contribution in [0.4, 0.5) is 0 Å². The van der Waals surface area contributed by atoms with Crippen LogP contribution in [0.2, 0.25) is 0 Å². The van der Waals surface area contributed by atoms with Gasteiger partial charge in [-0.25, -0.2) is 4.98 Å². The molecule has 1 amide bonds. The second-order valence-corrected chi connectivity index (χ2v) is 5.93. The quantitative estimate of drug-likeness (QED) is 0.794. The number of rotatable bonds is 6. The van der Waals surface area contributed by atoms with Gasteiger partial charge in [0.1, 0.15) is 12.7 Å². The van der Waals surface area contributed by atoms with Crippen molar-refractivity contribution < 1.29 is 4.79 Å². The molecule has 2 N–H and O–H groups in total. The highest BCUT2D eigenvalue weighted by Gasteiger charge is 2.15. The lowest BCUT2D eigenvalue weighted by Crippen LogP contribution is -2.28. The molecular formula is C17H23N5O. The fourth-order valence-electron chi connectivity index (χ4n) is 2.94. The van der Waals surface area contributed by atoms with Gasteiger partial charge in [0.2, 0.25) is 0 Å². The summed E-state index contributed by atoms with van der Waals surface area (Å²) in [4.78, 5) is 16.0. The number of aromatic nitrogens is 3. The van der Waals surface area contributed by atoms with Crippen molar-refractivity contribution in [2.75, 3.05) is 19.6 Å². The fourth-order valence-corrected chi connectivity index (χ4v) is 2.94. The van der Waals surface area contributed by atoms with Crippen LogP contribution in [-0.4, -0.2) is 40.3 Å². The summed E-state index contributed by atoms with van der Waals surface area (Å²) in [6.07, 6.45) is 6.48. The number of carbonyl (C=O) groups excluding carboxylic acids is 1. The number of aryl methyl sites for hydroxylation is 1. The van der Waals surface area contributed by atoms with Crippen LogP contribution in [0, 0.1) is 0 Å². The van der Waals surface area contributed by atoms with E-state index in [2.05, 4.69) is 32.8 Å². The van der Waals surface area contributed by atoms with Crippen molar-refractivity contribution in [2.45, 2.75) is 31.7 Å². The Labute approximate surface area is 136 Å². The average molecular weight is 313 g/mol. The standard InChI is InChI=1S/C17H23N5O/c23-17(20-9-2-10-22-13-19-12-21-22)15-6-4-14(5-7-15)16-3-1-8-18-11-16/h4-7,12-13,16,18H,1-3,8-11H2,(H,20,23)/t16-/m1/s1. The van der Waals surface area contributed by atoms with Crippen LogP contribution in [0.25, 0.3) is 0 Å². The van der Waals surface area contributed by atoms with Gasteiger partial charge in [-0.1, -0.05) is 12.1 Å². The molecule has 1 aliphatic rings. The van der Waals surface area contributed by atoms with Gasteiger partial charge >= 0.3 is 0 Å². The van der Waals surface area contributed by atoms with Gasteiger partial charge in [0.25, 0.3) is 5.91 Å². The number of nitrogens with zero attached hydrogens (tertiary/aromatic N) is 3. The fraction of sp³-hybridized carbons (Fsp3) is 0.471. The van der Waals surface area contributed by atoms with E-state index >= 15 is 0 Å². The van der Waals surface area contributed by atoms with Crippen molar-refractivity contribution in [1.82, 2.24) is 25.4 Å². The summed E-state index contributed by atoms with van der Waals surface area (Å²) >= 11 is 0. The van der Waals surface area contributed by atoms with Gasteiger partial charge < -0.3 is 10.6 Å². The maximum atomic E-state index is 12.1. The van der Waals surface area contributed by atoms with E-state index in [4.69, 9.17) is 0 Å². The topological polar surface area (TPSA) is 71.8 Å². The minimum atomic E-state index is -0.0168. The first-order valence-corrected chi connectivity index (χ1v) is 8.24. The van der Waals surface area contributed by atoms with Crippen LogP contribution < -0.4 is 10.6 Å². The largest absolute Gasteiger partial charge is 0.352 e. The minimum absolute atomic E-state index is 0.0168. The van der Waals surface area contributed by atoms with E-state index in [1.54, 1.807) is 11.0 Å². The van der Waals surface area contributed by atoms with Crippen molar-refractivity contribution in [3.63, 3.8) is 0 Å². The van der Waals surface area contributed by atoms with E-state index in [0.717, 1.165) is 31.6 Å². The van der Waals surface area contributed by atoms with Crippen LogP contribution in [0.15, 0.2) is 36.9 Å². The molecule has 0 radical (unpaired) electrons. The maximum absolute atomic E-state index is 12.1. The molecule has 1 aromatic heterocycles. The zero-order valence-electron chi connectivity index (χ0n) is 13.2. The molecule has 6 nitrogen and oxygen atoms in total. The molecule has 2 heterocycles. The van der Waals surface area contributed by atoms with Crippen molar-refractivity contribution in [3.8, 4) is 0 Å².